The fraction of sp³-hybridized carbons (Fsp3) is 0.673. The molecule has 2 aromatic rings. The third-order valence-corrected chi connectivity index (χ3v) is 13.9. The van der Waals surface area contributed by atoms with Gasteiger partial charge >= 0.3 is 35.4 Å². The van der Waals surface area contributed by atoms with E-state index >= 15 is 0 Å². The monoisotopic (exact) mass is 1110 g/mol. The third kappa shape index (κ3) is 27.2. The minimum absolute atomic E-state index is 0.0719. The molecule has 0 aromatic heterocycles. The number of esters is 2. The number of hydrogen-bond donors (Lipinski definition) is 9. The molecule has 0 spiro atoms. The van der Waals surface area contributed by atoms with Crippen LogP contribution >= 0.6 is 23.5 Å². The zero-order valence-electron chi connectivity index (χ0n) is 43.9. The lowest BCUT2D eigenvalue weighted by Gasteiger charge is -2.44. The van der Waals surface area contributed by atoms with Crippen LogP contribution in [-0.4, -0.2) is 126 Å². The van der Waals surface area contributed by atoms with Crippen LogP contribution in [0.2, 0.25) is 0 Å². The topological polar surface area (TPSA) is 349 Å². The first-order valence-corrected chi connectivity index (χ1v) is 29.8. The molecule has 0 bridgehead atoms. The van der Waals surface area contributed by atoms with Gasteiger partial charge in [0, 0.05) is 39.7 Å². The van der Waals surface area contributed by atoms with Crippen molar-refractivity contribution in [3.05, 3.63) is 71.3 Å². The molecular formula is C49H78NO21P3. The summed E-state index contributed by atoms with van der Waals surface area (Å²) in [6.45, 7) is 0.631. The highest BCUT2D eigenvalue weighted by Crippen LogP contribution is 2.51. The number of ketones is 1. The Morgan fingerprint density at radius 2 is 1.05 bits per heavy atom. The van der Waals surface area contributed by atoms with Crippen LogP contribution in [0.4, 0.5) is 0 Å². The molecule has 0 radical (unpaired) electrons. The molecule has 25 heteroatoms. The molecule has 9 N–H and O–H groups in total. The minimum Gasteiger partial charge on any atom is -0.462 e. The Hall–Kier alpha value is -3.27. The highest BCUT2D eigenvalue weighted by molar-refractivity contribution is 7.47. The summed E-state index contributed by atoms with van der Waals surface area (Å²) >= 11 is 0. The van der Waals surface area contributed by atoms with Gasteiger partial charge in [0.1, 0.15) is 43.2 Å². The maximum absolute atomic E-state index is 13.2. The molecule has 22 nitrogen and oxygen atoms in total. The molecule has 1 saturated carbocycles. The van der Waals surface area contributed by atoms with Crippen LogP contribution in [0.25, 0.3) is 0 Å². The van der Waals surface area contributed by atoms with Crippen molar-refractivity contribution in [1.29, 1.82) is 0 Å². The first-order valence-electron chi connectivity index (χ1n) is 26.4. The number of ether oxygens (including phenoxy) is 2. The van der Waals surface area contributed by atoms with Crippen molar-refractivity contribution < 1.29 is 103 Å². The van der Waals surface area contributed by atoms with Gasteiger partial charge < -0.3 is 54.6 Å². The second-order valence-corrected chi connectivity index (χ2v) is 22.0. The van der Waals surface area contributed by atoms with Crippen LogP contribution in [0.5, 0.6) is 0 Å². The Kier molecular flexibility index (Phi) is 28.7. The van der Waals surface area contributed by atoms with Crippen LogP contribution in [0, 0.1) is 0 Å². The number of aryl methyl sites for hydroxylation is 1. The summed E-state index contributed by atoms with van der Waals surface area (Å²) in [5, 5.41) is 34.6. The number of carbonyl (C=O) groups excluding carboxylic acids is 4. The molecule has 1 amide bonds. The van der Waals surface area contributed by atoms with Gasteiger partial charge in [-0.3, -0.25) is 37.3 Å². The van der Waals surface area contributed by atoms with Crippen LogP contribution in [-0.2, 0) is 62.0 Å². The zero-order chi connectivity index (χ0) is 56.3. The van der Waals surface area contributed by atoms with Gasteiger partial charge in [-0.15, -0.1) is 0 Å². The van der Waals surface area contributed by atoms with Gasteiger partial charge in [-0.05, 0) is 31.2 Å². The van der Waals surface area contributed by atoms with E-state index in [2.05, 4.69) is 21.3 Å². The maximum atomic E-state index is 13.2. The minimum atomic E-state index is -5.65. The molecule has 420 valence electrons. The van der Waals surface area contributed by atoms with E-state index in [1.165, 1.54) is 69.9 Å². The summed E-state index contributed by atoms with van der Waals surface area (Å²) in [6.07, 6.45) is -2.19. The Morgan fingerprint density at radius 3 is 1.59 bits per heavy atom. The van der Waals surface area contributed by atoms with Crippen LogP contribution in [0.1, 0.15) is 166 Å². The number of carbonyl (C=O) groups is 4. The lowest BCUT2D eigenvalue weighted by Crippen LogP contribution is -2.65. The number of rotatable bonds is 39. The second kappa shape index (κ2) is 34.5. The van der Waals surface area contributed by atoms with E-state index in [0.29, 0.717) is 42.4 Å². The maximum Gasteiger partial charge on any atom is 0.472 e. The second-order valence-electron chi connectivity index (χ2n) is 18.2. The molecule has 0 heterocycles. The average Bonchev–Trinajstić information content (AvgIpc) is 3.37. The van der Waals surface area contributed by atoms with Crippen LogP contribution in [0.3, 0.4) is 0 Å². The molecular weight excluding hydrogens is 1030 g/mol. The Labute approximate surface area is 436 Å². The number of aliphatic hydroxyl groups excluding tert-OH is 3. The predicted molar refractivity (Wildman–Crippen MR) is 269 cm³/mol. The smallest absolute Gasteiger partial charge is 0.462 e. The number of phosphoric acid groups is 3. The fourth-order valence-corrected chi connectivity index (χ4v) is 10.1. The number of benzene rings is 2. The third-order valence-electron chi connectivity index (χ3n) is 11.9. The van der Waals surface area contributed by atoms with E-state index in [1.54, 1.807) is 42.5 Å². The lowest BCUT2D eigenvalue weighted by molar-refractivity contribution is -0.213. The molecule has 10 atom stereocenters. The molecule has 3 rings (SSSR count). The van der Waals surface area contributed by atoms with E-state index in [9.17, 15) is 72.7 Å². The Morgan fingerprint density at radius 1 is 0.581 bits per heavy atom. The highest BCUT2D eigenvalue weighted by Gasteiger charge is 2.56. The van der Waals surface area contributed by atoms with Crippen LogP contribution in [0.15, 0.2) is 54.6 Å². The lowest BCUT2D eigenvalue weighted by atomic mass is 9.85. The van der Waals surface area contributed by atoms with Gasteiger partial charge in [-0.2, -0.15) is 0 Å². The van der Waals surface area contributed by atoms with E-state index in [0.717, 1.165) is 25.7 Å². The number of hydrogen-bond acceptors (Lipinski definition) is 16. The molecule has 0 aliphatic heterocycles. The SMILES string of the molecule is [3H]C(C(=O)NCCCCCC(=O)OC[C@@H](COP(=O)(O)O[C@@H]1[C@H](O)[C@H](O)[C@@H](OP(=O)(O)O)[C@H](OP(=O)(O)O)[C@H]1O)OC(=O)CCCCCCCCCCCCCCCCC)C([3H])c1ccc(C(=O)c2ccccc2)cc1. The normalized spacial score (nSPS) is 21.6. The molecule has 1 aliphatic rings. The van der Waals surface area contributed by atoms with Crippen molar-refractivity contribution in [3.63, 3.8) is 0 Å². The van der Waals surface area contributed by atoms with Crippen molar-refractivity contribution in [3.8, 4) is 0 Å². The number of aliphatic hydroxyl groups is 3. The Bertz CT molecular complexity index is 2190. The molecule has 0 saturated heterocycles. The summed E-state index contributed by atoms with van der Waals surface area (Å²) in [6, 6.07) is 14.8. The van der Waals surface area contributed by atoms with Crippen LogP contribution < -0.4 is 5.32 Å². The number of unbranched alkanes of at least 4 members (excludes halogenated alkanes) is 16. The quantitative estimate of drug-likeness (QED) is 0.0144. The first kappa shape index (κ1) is 61.6. The van der Waals surface area contributed by atoms with E-state index in [-0.39, 0.29) is 31.6 Å². The molecule has 74 heavy (non-hydrogen) atoms. The molecule has 1 fully saturated rings. The summed E-state index contributed by atoms with van der Waals surface area (Å²) in [5.74, 6) is -2.44. The average molecular weight is 1110 g/mol. The predicted octanol–water partition coefficient (Wildman–Crippen LogP) is 6.80. The summed E-state index contributed by atoms with van der Waals surface area (Å²) in [7, 11) is -16.8. The van der Waals surface area contributed by atoms with Crippen molar-refractivity contribution in [2.24, 2.45) is 0 Å². The first-order chi connectivity index (χ1) is 35.9. The summed E-state index contributed by atoms with van der Waals surface area (Å²) < 4.78 is 82.3. The van der Waals surface area contributed by atoms with Gasteiger partial charge in [0.05, 0.1) is 6.61 Å². The van der Waals surface area contributed by atoms with E-state index in [4.69, 9.17) is 21.3 Å². The van der Waals surface area contributed by atoms with Crippen molar-refractivity contribution in [2.45, 2.75) is 191 Å². The fourth-order valence-electron chi connectivity index (χ4n) is 7.99. The number of amides is 1. The van der Waals surface area contributed by atoms with Crippen molar-refractivity contribution in [1.82, 2.24) is 5.32 Å². The van der Waals surface area contributed by atoms with Crippen molar-refractivity contribution in [2.75, 3.05) is 19.8 Å². The van der Waals surface area contributed by atoms with Gasteiger partial charge in [0.15, 0.2) is 11.9 Å². The zero-order valence-corrected chi connectivity index (χ0v) is 44.6. The van der Waals surface area contributed by atoms with E-state index in [1.807, 2.05) is 0 Å². The number of phosphoric ester groups is 3. The van der Waals surface area contributed by atoms with Gasteiger partial charge in [0.25, 0.3) is 0 Å². The standard InChI is InChI=1S/C49H78NO21P3/c1-2-3-4-5-6-7-8-9-10-11-12-13-14-15-20-26-42(53)68-39(35-67-74(64,65)71-47-44(55)45(56)48(69-72(58,59)60)49(46(47)57)70-73(61,62)63)34-66-41(52)25-21-17-22-33-50-40(51)32-29-36-27-30-38(31-28-36)43(54)37-23-18-16-19-24-37/h16,18-19,23-24,27-28,30-31,39,44-49,55-57H,2-15,17,20-22,25-26,29,32-35H2,1H3,(H,50,51)(H,64,65)(H2,58,59,60)(H2,61,62,63)/t39-,44+,45-,46-,47+,48+,49+/m0/s1/i29T,32T/t29?,32?,39-,44+,45-,46-,47+,48+,49+. The van der Waals surface area contributed by atoms with E-state index < -0.39 is 110 Å². The number of nitrogens with one attached hydrogen (secondary N) is 1. The molecule has 2 aromatic carbocycles. The van der Waals surface area contributed by atoms with Gasteiger partial charge in [-0.25, -0.2) is 13.7 Å². The van der Waals surface area contributed by atoms with Gasteiger partial charge in [-0.1, -0.05) is 158 Å². The molecule has 3 unspecified atom stereocenters. The Balaban J connectivity index is 1.50. The van der Waals surface area contributed by atoms with Crippen molar-refractivity contribution >= 4 is 47.1 Å². The summed E-state index contributed by atoms with van der Waals surface area (Å²) in [4.78, 5) is 99.0. The van der Waals surface area contributed by atoms with Gasteiger partial charge in [0.2, 0.25) is 5.91 Å². The highest BCUT2D eigenvalue weighted by atomic mass is 31.2. The molecule has 1 aliphatic carbocycles. The summed E-state index contributed by atoms with van der Waals surface area (Å²) in [5.41, 5.74) is 1.27. The largest absolute Gasteiger partial charge is 0.472 e.